The third-order valence-corrected chi connectivity index (χ3v) is 3.65. The lowest BCUT2D eigenvalue weighted by atomic mass is 10.2. The Bertz CT molecular complexity index is 605. The van der Waals surface area contributed by atoms with Gasteiger partial charge in [0.1, 0.15) is 0 Å². The molecule has 1 fully saturated rings. The van der Waals surface area contributed by atoms with Crippen LogP contribution < -0.4 is 14.8 Å². The molecule has 1 aromatic carbocycles. The number of benzene rings is 1. The molecule has 21 heavy (non-hydrogen) atoms. The summed E-state index contributed by atoms with van der Waals surface area (Å²) in [7, 11) is 3.30. The Balaban J connectivity index is 1.65. The van der Waals surface area contributed by atoms with Crippen LogP contribution in [0.3, 0.4) is 0 Å². The number of aromatic nitrogens is 2. The van der Waals surface area contributed by atoms with E-state index in [2.05, 4.69) is 21.1 Å². The Kier molecular flexibility index (Phi) is 4.10. The first-order valence-corrected chi connectivity index (χ1v) is 7.23. The van der Waals surface area contributed by atoms with E-state index >= 15 is 0 Å². The molecule has 1 heterocycles. The van der Waals surface area contributed by atoms with E-state index in [1.165, 1.54) is 12.8 Å². The monoisotopic (exact) mass is 287 g/mol. The highest BCUT2D eigenvalue weighted by Crippen LogP contribution is 2.27. The fourth-order valence-electron chi connectivity index (χ4n) is 2.31. The van der Waals surface area contributed by atoms with Crippen molar-refractivity contribution >= 4 is 0 Å². The maximum Gasteiger partial charge on any atom is 0.161 e. The van der Waals surface area contributed by atoms with Gasteiger partial charge in [0.2, 0.25) is 0 Å². The molecule has 0 saturated heterocycles. The number of ether oxygens (including phenoxy) is 2. The molecule has 0 spiro atoms. The summed E-state index contributed by atoms with van der Waals surface area (Å²) in [5, 5.41) is 3.47. The summed E-state index contributed by atoms with van der Waals surface area (Å²) in [6, 6.07) is 6.69. The maximum atomic E-state index is 5.33. The van der Waals surface area contributed by atoms with Crippen LogP contribution in [0.2, 0.25) is 0 Å². The molecule has 2 aromatic rings. The molecule has 5 heteroatoms. The zero-order valence-electron chi connectivity index (χ0n) is 12.5. The largest absolute Gasteiger partial charge is 0.493 e. The molecule has 0 amide bonds. The number of imidazole rings is 1. The van der Waals surface area contributed by atoms with Crippen molar-refractivity contribution in [2.45, 2.75) is 32.0 Å². The summed E-state index contributed by atoms with van der Waals surface area (Å²) in [5.41, 5.74) is 2.24. The minimum absolute atomic E-state index is 0.709. The van der Waals surface area contributed by atoms with Gasteiger partial charge in [0.05, 0.1) is 26.2 Å². The van der Waals surface area contributed by atoms with Gasteiger partial charge in [0, 0.05) is 25.3 Å². The Morgan fingerprint density at radius 3 is 2.76 bits per heavy atom. The molecule has 0 aliphatic heterocycles. The van der Waals surface area contributed by atoms with Gasteiger partial charge in [-0.05, 0) is 30.5 Å². The van der Waals surface area contributed by atoms with Crippen molar-refractivity contribution in [3.63, 3.8) is 0 Å². The van der Waals surface area contributed by atoms with E-state index in [9.17, 15) is 0 Å². The molecule has 0 bridgehead atoms. The molecule has 0 radical (unpaired) electrons. The van der Waals surface area contributed by atoms with Crippen molar-refractivity contribution < 1.29 is 9.47 Å². The number of hydrogen-bond acceptors (Lipinski definition) is 4. The summed E-state index contributed by atoms with van der Waals surface area (Å²) in [6.07, 6.45) is 6.56. The molecule has 3 rings (SSSR count). The molecule has 112 valence electrons. The SMILES string of the molecule is COc1ccc(Cn2cnc(CNC3CC3)c2)cc1OC. The van der Waals surface area contributed by atoms with Crippen LogP contribution in [0.15, 0.2) is 30.7 Å². The highest BCUT2D eigenvalue weighted by Gasteiger charge is 2.20. The third kappa shape index (κ3) is 3.55. The predicted octanol–water partition coefficient (Wildman–Crippen LogP) is 2.20. The maximum absolute atomic E-state index is 5.33. The topological polar surface area (TPSA) is 48.3 Å². The molecule has 1 aromatic heterocycles. The van der Waals surface area contributed by atoms with Crippen molar-refractivity contribution in [3.8, 4) is 11.5 Å². The molecule has 0 unspecified atom stereocenters. The van der Waals surface area contributed by atoms with Gasteiger partial charge in [0.25, 0.3) is 0 Å². The Hall–Kier alpha value is -2.01. The third-order valence-electron chi connectivity index (χ3n) is 3.65. The molecule has 1 saturated carbocycles. The van der Waals surface area contributed by atoms with E-state index in [0.29, 0.717) is 6.04 Å². The van der Waals surface area contributed by atoms with Crippen LogP contribution in [0.1, 0.15) is 24.1 Å². The van der Waals surface area contributed by atoms with Crippen LogP contribution in [0, 0.1) is 0 Å². The lowest BCUT2D eigenvalue weighted by Gasteiger charge is -2.09. The second kappa shape index (κ2) is 6.18. The van der Waals surface area contributed by atoms with Crippen molar-refractivity contribution in [2.75, 3.05) is 14.2 Å². The van der Waals surface area contributed by atoms with E-state index in [1.54, 1.807) is 14.2 Å². The molecule has 1 aliphatic rings. The van der Waals surface area contributed by atoms with Crippen molar-refractivity contribution in [1.82, 2.24) is 14.9 Å². The van der Waals surface area contributed by atoms with E-state index < -0.39 is 0 Å². The Morgan fingerprint density at radius 2 is 2.05 bits per heavy atom. The van der Waals surface area contributed by atoms with E-state index in [1.807, 2.05) is 24.5 Å². The average molecular weight is 287 g/mol. The standard InChI is InChI=1S/C16H21N3O2/c1-20-15-6-3-12(7-16(15)21-2)9-19-10-14(18-11-19)8-17-13-4-5-13/h3,6-7,10-11,13,17H,4-5,8-9H2,1-2H3. The van der Waals surface area contributed by atoms with E-state index in [0.717, 1.165) is 35.8 Å². The first kappa shape index (κ1) is 13.9. The lowest BCUT2D eigenvalue weighted by molar-refractivity contribution is 0.354. The quantitative estimate of drug-likeness (QED) is 0.848. The summed E-state index contributed by atoms with van der Waals surface area (Å²) in [6.45, 7) is 1.63. The van der Waals surface area contributed by atoms with Crippen LogP contribution in [0.4, 0.5) is 0 Å². The number of nitrogens with one attached hydrogen (secondary N) is 1. The number of nitrogens with zero attached hydrogens (tertiary/aromatic N) is 2. The fourth-order valence-corrected chi connectivity index (χ4v) is 2.31. The minimum Gasteiger partial charge on any atom is -0.493 e. The van der Waals surface area contributed by atoms with Crippen LogP contribution in [0.25, 0.3) is 0 Å². The van der Waals surface area contributed by atoms with Crippen LogP contribution in [-0.2, 0) is 13.1 Å². The van der Waals surface area contributed by atoms with Crippen molar-refractivity contribution in [2.24, 2.45) is 0 Å². The summed E-state index contributed by atoms with van der Waals surface area (Å²) >= 11 is 0. The van der Waals surface area contributed by atoms with Gasteiger partial charge < -0.3 is 19.4 Å². The lowest BCUT2D eigenvalue weighted by Crippen LogP contribution is -2.15. The molecule has 1 aliphatic carbocycles. The van der Waals surface area contributed by atoms with Crippen LogP contribution in [-0.4, -0.2) is 29.8 Å². The van der Waals surface area contributed by atoms with Crippen LogP contribution >= 0.6 is 0 Å². The highest BCUT2D eigenvalue weighted by molar-refractivity contribution is 5.42. The molecular formula is C16H21N3O2. The Morgan fingerprint density at radius 1 is 1.24 bits per heavy atom. The first-order chi connectivity index (χ1) is 10.3. The number of hydrogen-bond donors (Lipinski definition) is 1. The van der Waals surface area contributed by atoms with Gasteiger partial charge >= 0.3 is 0 Å². The molecule has 0 atom stereocenters. The predicted molar refractivity (Wildman–Crippen MR) is 80.7 cm³/mol. The van der Waals surface area contributed by atoms with E-state index in [4.69, 9.17) is 9.47 Å². The van der Waals surface area contributed by atoms with Gasteiger partial charge in [-0.15, -0.1) is 0 Å². The highest BCUT2D eigenvalue weighted by atomic mass is 16.5. The van der Waals surface area contributed by atoms with Gasteiger partial charge in [-0.1, -0.05) is 6.07 Å². The number of rotatable bonds is 7. The number of methoxy groups -OCH3 is 2. The zero-order chi connectivity index (χ0) is 14.7. The summed E-state index contributed by atoms with van der Waals surface area (Å²) in [5.74, 6) is 1.51. The second-order valence-electron chi connectivity index (χ2n) is 5.38. The van der Waals surface area contributed by atoms with Crippen LogP contribution in [0.5, 0.6) is 11.5 Å². The first-order valence-electron chi connectivity index (χ1n) is 7.23. The fraction of sp³-hybridized carbons (Fsp3) is 0.438. The van der Waals surface area contributed by atoms with Crippen molar-refractivity contribution in [3.05, 3.63) is 42.0 Å². The van der Waals surface area contributed by atoms with Gasteiger partial charge in [-0.25, -0.2) is 4.98 Å². The van der Waals surface area contributed by atoms with Gasteiger partial charge in [0.15, 0.2) is 11.5 Å². The normalized spacial score (nSPS) is 14.2. The van der Waals surface area contributed by atoms with Gasteiger partial charge in [-0.2, -0.15) is 0 Å². The second-order valence-corrected chi connectivity index (χ2v) is 5.38. The summed E-state index contributed by atoms with van der Waals surface area (Å²) in [4.78, 5) is 4.43. The van der Waals surface area contributed by atoms with Crippen molar-refractivity contribution in [1.29, 1.82) is 0 Å². The Labute approximate surface area is 124 Å². The summed E-state index contributed by atoms with van der Waals surface area (Å²) < 4.78 is 12.7. The minimum atomic E-state index is 0.709. The van der Waals surface area contributed by atoms with Gasteiger partial charge in [-0.3, -0.25) is 0 Å². The van der Waals surface area contributed by atoms with E-state index in [-0.39, 0.29) is 0 Å². The zero-order valence-corrected chi connectivity index (χ0v) is 12.5. The molecule has 1 N–H and O–H groups in total. The smallest absolute Gasteiger partial charge is 0.161 e. The average Bonchev–Trinajstić information content (AvgIpc) is 3.24. The molecule has 5 nitrogen and oxygen atoms in total. The molecular weight excluding hydrogens is 266 g/mol.